The number of anilines is 1. The van der Waals surface area contributed by atoms with Crippen LogP contribution >= 0.6 is 11.3 Å². The van der Waals surface area contributed by atoms with Crippen LogP contribution in [0.25, 0.3) is 0 Å². The van der Waals surface area contributed by atoms with Crippen molar-refractivity contribution in [2.24, 2.45) is 0 Å². The van der Waals surface area contributed by atoms with Gasteiger partial charge in [-0.25, -0.2) is 23.1 Å². The maximum absolute atomic E-state index is 12.2. The molecule has 0 spiro atoms. The molecule has 0 aliphatic carbocycles. The third-order valence-corrected chi connectivity index (χ3v) is 6.57. The number of nitrogens with zero attached hydrogens (tertiary/aromatic N) is 4. The van der Waals surface area contributed by atoms with Crippen molar-refractivity contribution in [2.45, 2.75) is 23.1 Å². The van der Waals surface area contributed by atoms with Crippen LogP contribution in [-0.4, -0.2) is 37.5 Å². The number of nitrogens with one attached hydrogen (secondary N) is 1. The lowest BCUT2D eigenvalue weighted by molar-refractivity contribution is 0.458. The molecule has 1 saturated heterocycles. The normalized spacial score (nSPS) is 16.2. The average Bonchev–Trinajstić information content (AvgIpc) is 3.11. The van der Waals surface area contributed by atoms with Gasteiger partial charge in [-0.3, -0.25) is 0 Å². The van der Waals surface area contributed by atoms with Crippen LogP contribution in [0.1, 0.15) is 18.5 Å². The molecule has 0 bridgehead atoms. The Balaban J connectivity index is 1.59. The third-order valence-electron chi connectivity index (χ3n) is 3.65. The zero-order chi connectivity index (χ0) is 16.3. The van der Waals surface area contributed by atoms with Crippen molar-refractivity contribution >= 4 is 27.2 Å². The van der Waals surface area contributed by atoms with E-state index in [1.165, 1.54) is 17.5 Å². The van der Waals surface area contributed by atoms with Crippen LogP contribution < -0.4 is 9.62 Å². The molecule has 0 radical (unpaired) electrons. The van der Waals surface area contributed by atoms with Gasteiger partial charge in [-0.05, 0) is 24.3 Å². The smallest absolute Gasteiger partial charge is 0.250 e. The Morgan fingerprint density at radius 3 is 2.65 bits per heavy atom. The summed E-state index contributed by atoms with van der Waals surface area (Å²) in [5.41, 5.74) is 0.285. The third kappa shape index (κ3) is 3.67. The average molecular weight is 349 g/mol. The van der Waals surface area contributed by atoms with Crippen LogP contribution in [0.2, 0.25) is 0 Å². The van der Waals surface area contributed by atoms with Crippen LogP contribution in [0.3, 0.4) is 0 Å². The SMILES string of the molecule is N#Cc1cnc(N2CCC(NS(=O)(=O)c3cccs3)CC2)cn1. The molecule has 1 aliphatic rings. The van der Waals surface area contributed by atoms with Gasteiger partial charge in [0.2, 0.25) is 10.0 Å². The molecule has 3 rings (SSSR count). The minimum Gasteiger partial charge on any atom is -0.355 e. The first-order valence-corrected chi connectivity index (χ1v) is 9.48. The molecule has 2 aromatic heterocycles. The Labute approximate surface area is 138 Å². The summed E-state index contributed by atoms with van der Waals surface area (Å²) in [6.45, 7) is 1.39. The second-order valence-corrected chi connectivity index (χ2v) is 8.07. The monoisotopic (exact) mass is 349 g/mol. The number of aromatic nitrogens is 2. The van der Waals surface area contributed by atoms with Gasteiger partial charge in [-0.15, -0.1) is 11.3 Å². The quantitative estimate of drug-likeness (QED) is 0.895. The van der Waals surface area contributed by atoms with Gasteiger partial charge in [-0.2, -0.15) is 5.26 Å². The van der Waals surface area contributed by atoms with E-state index in [1.54, 1.807) is 23.7 Å². The summed E-state index contributed by atoms with van der Waals surface area (Å²) in [5.74, 6) is 0.712. The molecule has 1 fully saturated rings. The van der Waals surface area contributed by atoms with E-state index in [0.29, 0.717) is 36.0 Å². The summed E-state index contributed by atoms with van der Waals surface area (Å²) in [6.07, 6.45) is 4.42. The molecule has 2 aromatic rings. The summed E-state index contributed by atoms with van der Waals surface area (Å²) < 4.78 is 27.5. The number of rotatable bonds is 4. The zero-order valence-electron chi connectivity index (χ0n) is 12.2. The first-order chi connectivity index (χ1) is 11.1. The summed E-state index contributed by atoms with van der Waals surface area (Å²) in [6, 6.07) is 5.19. The fourth-order valence-corrected chi connectivity index (χ4v) is 4.78. The highest BCUT2D eigenvalue weighted by Gasteiger charge is 2.25. The molecular formula is C14H15N5O2S2. The second kappa shape index (κ2) is 6.62. The van der Waals surface area contributed by atoms with Crippen molar-refractivity contribution in [3.8, 4) is 6.07 Å². The Kier molecular flexibility index (Phi) is 4.56. The molecule has 0 saturated carbocycles. The van der Waals surface area contributed by atoms with Crippen LogP contribution in [0.4, 0.5) is 5.82 Å². The van der Waals surface area contributed by atoms with Gasteiger partial charge in [0.25, 0.3) is 0 Å². The van der Waals surface area contributed by atoms with E-state index < -0.39 is 10.0 Å². The highest BCUT2D eigenvalue weighted by atomic mass is 32.2. The number of piperidine rings is 1. The van der Waals surface area contributed by atoms with Gasteiger partial charge < -0.3 is 4.90 Å². The summed E-state index contributed by atoms with van der Waals surface area (Å²) in [7, 11) is -3.42. The van der Waals surface area contributed by atoms with E-state index in [0.717, 1.165) is 0 Å². The van der Waals surface area contributed by atoms with Gasteiger partial charge in [0.15, 0.2) is 5.69 Å². The number of hydrogen-bond donors (Lipinski definition) is 1. The number of sulfonamides is 1. The van der Waals surface area contributed by atoms with E-state index in [2.05, 4.69) is 14.7 Å². The van der Waals surface area contributed by atoms with E-state index in [4.69, 9.17) is 5.26 Å². The standard InChI is InChI=1S/C14H15N5O2S2/c15-8-12-9-17-13(10-16-12)19-5-3-11(4-6-19)18-23(20,21)14-2-1-7-22-14/h1-2,7,9-11,18H,3-6H2. The Hall–Kier alpha value is -2.02. The molecule has 0 aromatic carbocycles. The zero-order valence-corrected chi connectivity index (χ0v) is 13.8. The molecule has 1 aliphatic heterocycles. The maximum atomic E-state index is 12.2. The Morgan fingerprint density at radius 2 is 2.09 bits per heavy atom. The number of hydrogen-bond acceptors (Lipinski definition) is 7. The highest BCUT2D eigenvalue weighted by molar-refractivity contribution is 7.91. The van der Waals surface area contributed by atoms with Crippen LogP contribution in [0.15, 0.2) is 34.1 Å². The van der Waals surface area contributed by atoms with Gasteiger partial charge in [0.1, 0.15) is 16.1 Å². The fourth-order valence-electron chi connectivity index (χ4n) is 2.46. The molecular weight excluding hydrogens is 334 g/mol. The van der Waals surface area contributed by atoms with Crippen LogP contribution in [0.5, 0.6) is 0 Å². The van der Waals surface area contributed by atoms with Crippen molar-refractivity contribution in [3.63, 3.8) is 0 Å². The second-order valence-electron chi connectivity index (χ2n) is 5.19. The van der Waals surface area contributed by atoms with Crippen LogP contribution in [-0.2, 0) is 10.0 Å². The molecule has 0 unspecified atom stereocenters. The Bertz CT molecular complexity index is 789. The van der Waals surface area contributed by atoms with Crippen LogP contribution in [0, 0.1) is 11.3 Å². The molecule has 7 nitrogen and oxygen atoms in total. The predicted molar refractivity (Wildman–Crippen MR) is 86.6 cm³/mol. The highest BCUT2D eigenvalue weighted by Crippen LogP contribution is 2.20. The largest absolute Gasteiger partial charge is 0.355 e. The lowest BCUT2D eigenvalue weighted by Crippen LogP contribution is -2.44. The summed E-state index contributed by atoms with van der Waals surface area (Å²) in [4.78, 5) is 10.3. The van der Waals surface area contributed by atoms with E-state index >= 15 is 0 Å². The topological polar surface area (TPSA) is 99.0 Å². The van der Waals surface area contributed by atoms with Crippen molar-refractivity contribution in [2.75, 3.05) is 18.0 Å². The lowest BCUT2D eigenvalue weighted by Gasteiger charge is -2.32. The van der Waals surface area contributed by atoms with Crippen molar-refractivity contribution in [1.29, 1.82) is 5.26 Å². The molecule has 0 atom stereocenters. The molecule has 9 heteroatoms. The first kappa shape index (κ1) is 15.9. The number of thiophene rings is 1. The maximum Gasteiger partial charge on any atom is 0.250 e. The predicted octanol–water partition coefficient (Wildman–Crippen LogP) is 1.36. The minimum atomic E-state index is -3.42. The first-order valence-electron chi connectivity index (χ1n) is 7.11. The van der Waals surface area contributed by atoms with E-state index in [9.17, 15) is 8.42 Å². The lowest BCUT2D eigenvalue weighted by atomic mass is 10.1. The van der Waals surface area contributed by atoms with Crippen molar-refractivity contribution < 1.29 is 8.42 Å². The van der Waals surface area contributed by atoms with E-state index in [1.807, 2.05) is 11.0 Å². The molecule has 1 N–H and O–H groups in total. The van der Waals surface area contributed by atoms with Gasteiger partial charge >= 0.3 is 0 Å². The fraction of sp³-hybridized carbons (Fsp3) is 0.357. The molecule has 3 heterocycles. The molecule has 0 amide bonds. The summed E-state index contributed by atoms with van der Waals surface area (Å²) >= 11 is 1.21. The molecule has 23 heavy (non-hydrogen) atoms. The Morgan fingerprint density at radius 1 is 1.30 bits per heavy atom. The molecule has 120 valence electrons. The van der Waals surface area contributed by atoms with E-state index in [-0.39, 0.29) is 11.7 Å². The summed E-state index contributed by atoms with van der Waals surface area (Å²) in [5, 5.41) is 10.5. The minimum absolute atomic E-state index is 0.0790. The van der Waals surface area contributed by atoms with Crippen molar-refractivity contribution in [1.82, 2.24) is 14.7 Å². The number of nitriles is 1. The van der Waals surface area contributed by atoms with Gasteiger partial charge in [0, 0.05) is 19.1 Å². The van der Waals surface area contributed by atoms with Crippen molar-refractivity contribution in [3.05, 3.63) is 35.6 Å². The van der Waals surface area contributed by atoms with Gasteiger partial charge in [0.05, 0.1) is 12.4 Å². The van der Waals surface area contributed by atoms with Gasteiger partial charge in [-0.1, -0.05) is 6.07 Å².